The first-order valence-electron chi connectivity index (χ1n) is 4.57. The van der Waals surface area contributed by atoms with Gasteiger partial charge in [0.2, 0.25) is 0 Å². The second-order valence-electron chi connectivity index (χ2n) is 3.40. The van der Waals surface area contributed by atoms with E-state index < -0.39 is 0 Å². The first-order chi connectivity index (χ1) is 7.16. The molecule has 0 saturated heterocycles. The van der Waals surface area contributed by atoms with E-state index in [1.165, 1.54) is 5.56 Å². The van der Waals surface area contributed by atoms with Crippen LogP contribution in [0.5, 0.6) is 0 Å². The second kappa shape index (κ2) is 4.37. The Hall–Kier alpha value is -0.800. The Bertz CT molecular complexity index is 460. The third kappa shape index (κ3) is 2.41. The molecule has 2 aromatic rings. The van der Waals surface area contributed by atoms with Crippen molar-refractivity contribution in [3.8, 4) is 0 Å². The Morgan fingerprint density at radius 3 is 2.87 bits per heavy atom. The van der Waals surface area contributed by atoms with E-state index in [0.29, 0.717) is 0 Å². The van der Waals surface area contributed by atoms with Crippen molar-refractivity contribution in [3.05, 3.63) is 51.5 Å². The molecule has 0 radical (unpaired) electrons. The molecule has 0 aliphatic rings. The lowest BCUT2D eigenvalue weighted by molar-refractivity contribution is 0.843. The number of nitrogens with zero attached hydrogens (tertiary/aromatic N) is 2. The maximum atomic E-state index is 5.93. The predicted octanol–water partition coefficient (Wildman–Crippen LogP) is 3.43. The number of hydrogen-bond acceptors (Lipinski definition) is 1. The van der Waals surface area contributed by atoms with Gasteiger partial charge in [0.25, 0.3) is 0 Å². The van der Waals surface area contributed by atoms with Crippen LogP contribution in [0.2, 0.25) is 5.02 Å². The Morgan fingerprint density at radius 1 is 1.47 bits per heavy atom. The summed E-state index contributed by atoms with van der Waals surface area (Å²) in [5, 5.41) is 0.769. The highest BCUT2D eigenvalue weighted by Crippen LogP contribution is 2.19. The SMILES string of the molecule is Cn1cnc(Br)c1Cc1cccc(Cl)c1. The Labute approximate surface area is 102 Å². The van der Waals surface area contributed by atoms with Crippen LogP contribution < -0.4 is 0 Å². The van der Waals surface area contributed by atoms with Gasteiger partial charge in [-0.3, -0.25) is 0 Å². The summed E-state index contributed by atoms with van der Waals surface area (Å²) >= 11 is 9.36. The fraction of sp³-hybridized carbons (Fsp3) is 0.182. The molecule has 2 rings (SSSR count). The number of rotatable bonds is 2. The molecule has 15 heavy (non-hydrogen) atoms. The number of aryl methyl sites for hydroxylation is 1. The van der Waals surface area contributed by atoms with E-state index in [0.717, 1.165) is 21.7 Å². The third-order valence-corrected chi connectivity index (χ3v) is 3.17. The van der Waals surface area contributed by atoms with E-state index >= 15 is 0 Å². The van der Waals surface area contributed by atoms with Crippen LogP contribution in [0.1, 0.15) is 11.3 Å². The van der Waals surface area contributed by atoms with Gasteiger partial charge >= 0.3 is 0 Å². The summed E-state index contributed by atoms with van der Waals surface area (Å²) in [6, 6.07) is 7.87. The summed E-state index contributed by atoms with van der Waals surface area (Å²) in [5.74, 6) is 0. The molecule has 4 heteroatoms. The predicted molar refractivity (Wildman–Crippen MR) is 65.2 cm³/mol. The highest BCUT2D eigenvalue weighted by atomic mass is 79.9. The number of aromatic nitrogens is 2. The van der Waals surface area contributed by atoms with Gasteiger partial charge < -0.3 is 4.57 Å². The van der Waals surface area contributed by atoms with Crippen molar-refractivity contribution in [2.45, 2.75) is 6.42 Å². The quantitative estimate of drug-likeness (QED) is 0.826. The van der Waals surface area contributed by atoms with Crippen LogP contribution in [0, 0.1) is 0 Å². The van der Waals surface area contributed by atoms with Gasteiger partial charge in [-0.05, 0) is 33.6 Å². The van der Waals surface area contributed by atoms with Gasteiger partial charge in [-0.15, -0.1) is 0 Å². The minimum Gasteiger partial charge on any atom is -0.336 e. The summed E-state index contributed by atoms with van der Waals surface area (Å²) in [7, 11) is 1.98. The fourth-order valence-corrected chi connectivity index (χ4v) is 2.19. The topological polar surface area (TPSA) is 17.8 Å². The lowest BCUT2D eigenvalue weighted by Crippen LogP contribution is -1.97. The lowest BCUT2D eigenvalue weighted by Gasteiger charge is -2.03. The van der Waals surface area contributed by atoms with Crippen molar-refractivity contribution in [2.24, 2.45) is 7.05 Å². The van der Waals surface area contributed by atoms with E-state index in [2.05, 4.69) is 27.0 Å². The molecule has 0 saturated carbocycles. The first-order valence-corrected chi connectivity index (χ1v) is 5.74. The van der Waals surface area contributed by atoms with Crippen LogP contribution >= 0.6 is 27.5 Å². The molecule has 2 nitrogen and oxygen atoms in total. The molecule has 1 heterocycles. The van der Waals surface area contributed by atoms with Crippen LogP contribution in [-0.2, 0) is 13.5 Å². The molecule has 0 amide bonds. The number of hydrogen-bond donors (Lipinski definition) is 0. The standard InChI is InChI=1S/C11H10BrClN2/c1-15-7-14-11(12)10(15)6-8-3-2-4-9(13)5-8/h2-5,7H,6H2,1H3. The molecule has 78 valence electrons. The van der Waals surface area contributed by atoms with Crippen molar-refractivity contribution >= 4 is 27.5 Å². The average molecular weight is 286 g/mol. The van der Waals surface area contributed by atoms with E-state index in [1.54, 1.807) is 6.33 Å². The molecule has 0 aliphatic carbocycles. The van der Waals surface area contributed by atoms with Crippen LogP contribution in [0.4, 0.5) is 0 Å². The van der Waals surface area contributed by atoms with Crippen molar-refractivity contribution in [1.29, 1.82) is 0 Å². The molecule has 0 bridgehead atoms. The van der Waals surface area contributed by atoms with Crippen LogP contribution in [0.15, 0.2) is 35.2 Å². The van der Waals surface area contributed by atoms with Gasteiger partial charge in [0.1, 0.15) is 4.60 Å². The maximum Gasteiger partial charge on any atom is 0.127 e. The zero-order chi connectivity index (χ0) is 10.8. The van der Waals surface area contributed by atoms with Crippen LogP contribution in [0.3, 0.4) is 0 Å². The summed E-state index contributed by atoms with van der Waals surface area (Å²) < 4.78 is 2.90. The second-order valence-corrected chi connectivity index (χ2v) is 4.59. The zero-order valence-corrected chi connectivity index (χ0v) is 10.6. The Morgan fingerprint density at radius 2 is 2.27 bits per heavy atom. The fourth-order valence-electron chi connectivity index (χ4n) is 1.46. The van der Waals surface area contributed by atoms with Gasteiger partial charge in [-0.1, -0.05) is 23.7 Å². The molecular weight excluding hydrogens is 275 g/mol. The van der Waals surface area contributed by atoms with Crippen LogP contribution in [0.25, 0.3) is 0 Å². The summed E-state index contributed by atoms with van der Waals surface area (Å²) in [5.41, 5.74) is 2.34. The van der Waals surface area contributed by atoms with Gasteiger partial charge in [-0.25, -0.2) is 4.98 Å². The van der Waals surface area contributed by atoms with Crippen molar-refractivity contribution in [3.63, 3.8) is 0 Å². The van der Waals surface area contributed by atoms with E-state index in [1.807, 2.05) is 29.8 Å². The average Bonchev–Trinajstić information content (AvgIpc) is 2.50. The highest BCUT2D eigenvalue weighted by Gasteiger charge is 2.06. The summed E-state index contributed by atoms with van der Waals surface area (Å²) in [4.78, 5) is 4.18. The molecular formula is C11H10BrClN2. The largest absolute Gasteiger partial charge is 0.336 e. The maximum absolute atomic E-state index is 5.93. The normalized spacial score (nSPS) is 10.6. The van der Waals surface area contributed by atoms with Gasteiger partial charge in [0.05, 0.1) is 12.0 Å². The monoisotopic (exact) mass is 284 g/mol. The van der Waals surface area contributed by atoms with E-state index in [4.69, 9.17) is 11.6 Å². The van der Waals surface area contributed by atoms with Gasteiger partial charge in [0, 0.05) is 18.5 Å². The zero-order valence-electron chi connectivity index (χ0n) is 8.24. The van der Waals surface area contributed by atoms with Crippen molar-refractivity contribution < 1.29 is 0 Å². The van der Waals surface area contributed by atoms with E-state index in [9.17, 15) is 0 Å². The Kier molecular flexibility index (Phi) is 3.12. The highest BCUT2D eigenvalue weighted by molar-refractivity contribution is 9.10. The van der Waals surface area contributed by atoms with Crippen molar-refractivity contribution in [1.82, 2.24) is 9.55 Å². The molecule has 0 spiro atoms. The molecule has 0 atom stereocenters. The first kappa shape index (κ1) is 10.7. The molecule has 0 fully saturated rings. The smallest absolute Gasteiger partial charge is 0.127 e. The number of benzene rings is 1. The third-order valence-electron chi connectivity index (χ3n) is 2.27. The molecule has 0 aliphatic heterocycles. The molecule has 0 unspecified atom stereocenters. The van der Waals surface area contributed by atoms with Gasteiger partial charge in [-0.2, -0.15) is 0 Å². The summed E-state index contributed by atoms with van der Waals surface area (Å²) in [6.45, 7) is 0. The lowest BCUT2D eigenvalue weighted by atomic mass is 10.1. The molecule has 0 N–H and O–H groups in total. The van der Waals surface area contributed by atoms with E-state index in [-0.39, 0.29) is 0 Å². The minimum absolute atomic E-state index is 0.769. The Balaban J connectivity index is 2.29. The van der Waals surface area contributed by atoms with Crippen molar-refractivity contribution in [2.75, 3.05) is 0 Å². The summed E-state index contributed by atoms with van der Waals surface area (Å²) in [6.07, 6.45) is 2.63. The number of imidazole rings is 1. The van der Waals surface area contributed by atoms with Crippen LogP contribution in [-0.4, -0.2) is 9.55 Å². The molecule has 1 aromatic carbocycles. The molecule has 1 aromatic heterocycles. The number of halogens is 2. The minimum atomic E-state index is 0.769. The van der Waals surface area contributed by atoms with Gasteiger partial charge in [0.15, 0.2) is 0 Å².